The summed E-state index contributed by atoms with van der Waals surface area (Å²) in [6.45, 7) is 0.491. The van der Waals surface area contributed by atoms with E-state index in [1.165, 1.54) is 23.6 Å². The molecule has 7 heteroatoms. The molecule has 152 valence electrons. The fourth-order valence-electron chi connectivity index (χ4n) is 6.51. The first kappa shape index (κ1) is 18.3. The van der Waals surface area contributed by atoms with Crippen LogP contribution < -0.4 is 14.4 Å². The number of benzene rings is 1. The summed E-state index contributed by atoms with van der Waals surface area (Å²) in [5.41, 5.74) is 1.00. The largest absolute Gasteiger partial charge is 0.494 e. The van der Waals surface area contributed by atoms with Gasteiger partial charge >= 0.3 is 0 Å². The van der Waals surface area contributed by atoms with Gasteiger partial charge in [0.05, 0.1) is 29.7 Å². The van der Waals surface area contributed by atoms with Crippen molar-refractivity contribution in [1.29, 1.82) is 0 Å². The molecule has 0 radical (unpaired) electrons. The van der Waals surface area contributed by atoms with Crippen LogP contribution in [0.3, 0.4) is 0 Å². The minimum atomic E-state index is -3.24. The van der Waals surface area contributed by atoms with Gasteiger partial charge in [-0.2, -0.15) is 0 Å². The quantitative estimate of drug-likeness (QED) is 0.835. The Morgan fingerprint density at radius 1 is 1.14 bits per heavy atom. The van der Waals surface area contributed by atoms with Crippen molar-refractivity contribution >= 4 is 27.3 Å². The fourth-order valence-corrected chi connectivity index (χ4v) is 8.07. The molecule has 1 aromatic rings. The second kappa shape index (κ2) is 6.37. The molecule has 0 unspecified atom stereocenters. The molecule has 28 heavy (non-hydrogen) atoms. The van der Waals surface area contributed by atoms with Crippen molar-refractivity contribution in [3.05, 3.63) is 18.2 Å². The number of hydrogen-bond donors (Lipinski definition) is 1. The molecule has 4 saturated carbocycles. The van der Waals surface area contributed by atoms with E-state index in [0.717, 1.165) is 19.3 Å². The number of nitrogens with zero attached hydrogens (tertiary/aromatic N) is 1. The van der Waals surface area contributed by atoms with Gasteiger partial charge in [0.2, 0.25) is 15.9 Å². The van der Waals surface area contributed by atoms with Gasteiger partial charge in [0, 0.05) is 12.6 Å². The van der Waals surface area contributed by atoms with Crippen LogP contribution in [0.25, 0.3) is 0 Å². The SMILES string of the molecule is COc1cc(N2CCCS2(=O)=O)ccc1NC(=O)C12CC3CC(CC(C3)C1)C2. The monoisotopic (exact) mass is 404 g/mol. The molecule has 1 saturated heterocycles. The summed E-state index contributed by atoms with van der Waals surface area (Å²) in [6, 6.07) is 5.26. The highest BCUT2D eigenvalue weighted by Crippen LogP contribution is 2.60. The fraction of sp³-hybridized carbons (Fsp3) is 0.667. The number of carbonyl (C=O) groups excluding carboxylic acids is 1. The molecule has 1 aromatic carbocycles. The number of nitrogens with one attached hydrogen (secondary N) is 1. The lowest BCUT2D eigenvalue weighted by molar-refractivity contribution is -0.140. The van der Waals surface area contributed by atoms with Crippen LogP contribution in [0.15, 0.2) is 18.2 Å². The van der Waals surface area contributed by atoms with Crippen molar-refractivity contribution in [3.63, 3.8) is 0 Å². The molecule has 5 aliphatic rings. The number of hydrogen-bond acceptors (Lipinski definition) is 4. The zero-order valence-electron chi connectivity index (χ0n) is 16.3. The molecule has 1 aliphatic heterocycles. The van der Waals surface area contributed by atoms with Crippen molar-refractivity contribution in [2.45, 2.75) is 44.9 Å². The summed E-state index contributed by atoms with van der Waals surface area (Å²) < 4.78 is 31.3. The van der Waals surface area contributed by atoms with E-state index in [-0.39, 0.29) is 17.1 Å². The number of ether oxygens (including phenoxy) is 1. The van der Waals surface area contributed by atoms with Gasteiger partial charge in [0.15, 0.2) is 0 Å². The number of amides is 1. The predicted octanol–water partition coefficient (Wildman–Crippen LogP) is 3.39. The Morgan fingerprint density at radius 2 is 1.79 bits per heavy atom. The minimum Gasteiger partial charge on any atom is -0.494 e. The van der Waals surface area contributed by atoms with Crippen LogP contribution >= 0.6 is 0 Å². The standard InChI is InChI=1S/C21H28N2O4S/c1-27-19-10-17(23-5-2-6-28(23,25)26)3-4-18(19)22-20(24)21-11-14-7-15(12-21)9-16(8-14)13-21/h3-4,10,14-16H,2,5-9,11-13H2,1H3,(H,22,24). The van der Waals surface area contributed by atoms with E-state index in [2.05, 4.69) is 5.32 Å². The lowest BCUT2D eigenvalue weighted by atomic mass is 9.49. The second-order valence-corrected chi connectivity index (χ2v) is 11.3. The minimum absolute atomic E-state index is 0.117. The molecular formula is C21H28N2O4S. The van der Waals surface area contributed by atoms with Crippen LogP contribution in [0.4, 0.5) is 11.4 Å². The van der Waals surface area contributed by atoms with Gasteiger partial charge in [-0.05, 0) is 74.8 Å². The molecule has 0 spiro atoms. The lowest BCUT2D eigenvalue weighted by Crippen LogP contribution is -2.51. The molecule has 0 atom stereocenters. The maximum atomic E-state index is 13.3. The summed E-state index contributed by atoms with van der Waals surface area (Å²) >= 11 is 0. The van der Waals surface area contributed by atoms with Crippen LogP contribution in [-0.2, 0) is 14.8 Å². The highest BCUT2D eigenvalue weighted by molar-refractivity contribution is 7.93. The Labute approximate surface area is 166 Å². The third-order valence-corrected chi connectivity index (χ3v) is 9.21. The Hall–Kier alpha value is -1.76. The van der Waals surface area contributed by atoms with Crippen LogP contribution in [0, 0.1) is 23.2 Å². The zero-order valence-corrected chi connectivity index (χ0v) is 17.1. The second-order valence-electron chi connectivity index (χ2n) is 9.28. The van der Waals surface area contributed by atoms with E-state index in [0.29, 0.717) is 47.8 Å². The Bertz CT molecular complexity index is 876. The molecule has 4 bridgehead atoms. The van der Waals surface area contributed by atoms with E-state index in [9.17, 15) is 13.2 Å². The smallest absolute Gasteiger partial charge is 0.235 e. The molecular weight excluding hydrogens is 376 g/mol. The molecule has 4 aliphatic carbocycles. The van der Waals surface area contributed by atoms with Crippen LogP contribution in [-0.4, -0.2) is 33.7 Å². The molecule has 6 nitrogen and oxygen atoms in total. The van der Waals surface area contributed by atoms with Crippen molar-refractivity contribution < 1.29 is 17.9 Å². The molecule has 5 fully saturated rings. The molecule has 1 N–H and O–H groups in total. The summed E-state index contributed by atoms with van der Waals surface area (Å²) in [5.74, 6) is 2.94. The molecule has 0 aromatic heterocycles. The van der Waals surface area contributed by atoms with Crippen molar-refractivity contribution in [2.24, 2.45) is 23.2 Å². The number of rotatable bonds is 4. The van der Waals surface area contributed by atoms with E-state index in [1.807, 2.05) is 0 Å². The Kier molecular flexibility index (Phi) is 4.16. The van der Waals surface area contributed by atoms with Crippen LogP contribution in [0.5, 0.6) is 5.75 Å². The maximum absolute atomic E-state index is 13.3. The topological polar surface area (TPSA) is 75.7 Å². The molecule has 1 amide bonds. The highest BCUT2D eigenvalue weighted by Gasteiger charge is 2.54. The third-order valence-electron chi connectivity index (χ3n) is 7.34. The van der Waals surface area contributed by atoms with Crippen molar-refractivity contribution in [2.75, 3.05) is 29.0 Å². The number of carbonyl (C=O) groups is 1. The van der Waals surface area contributed by atoms with Gasteiger partial charge in [-0.1, -0.05) is 0 Å². The predicted molar refractivity (Wildman–Crippen MR) is 108 cm³/mol. The van der Waals surface area contributed by atoms with Crippen molar-refractivity contribution in [3.8, 4) is 5.75 Å². The van der Waals surface area contributed by atoms with Gasteiger partial charge in [-0.3, -0.25) is 9.10 Å². The highest BCUT2D eigenvalue weighted by atomic mass is 32.2. The average molecular weight is 405 g/mol. The molecule has 1 heterocycles. The first-order valence-corrected chi connectivity index (χ1v) is 12.0. The number of methoxy groups -OCH3 is 1. The van der Waals surface area contributed by atoms with Gasteiger partial charge in [0.1, 0.15) is 5.75 Å². The maximum Gasteiger partial charge on any atom is 0.235 e. The van der Waals surface area contributed by atoms with Gasteiger partial charge in [-0.15, -0.1) is 0 Å². The number of anilines is 2. The first-order valence-electron chi connectivity index (χ1n) is 10.4. The van der Waals surface area contributed by atoms with Gasteiger partial charge < -0.3 is 10.1 Å². The van der Waals surface area contributed by atoms with E-state index in [1.54, 1.807) is 25.3 Å². The molecule has 6 rings (SSSR count). The van der Waals surface area contributed by atoms with Crippen molar-refractivity contribution in [1.82, 2.24) is 0 Å². The van der Waals surface area contributed by atoms with E-state index in [4.69, 9.17) is 4.74 Å². The zero-order chi connectivity index (χ0) is 19.5. The van der Waals surface area contributed by atoms with Gasteiger partial charge in [0.25, 0.3) is 0 Å². The first-order chi connectivity index (χ1) is 13.4. The lowest BCUT2D eigenvalue weighted by Gasteiger charge is -2.55. The average Bonchev–Trinajstić information content (AvgIpc) is 3.00. The third kappa shape index (κ3) is 2.90. The Balaban J connectivity index is 1.39. The van der Waals surface area contributed by atoms with Crippen LogP contribution in [0.2, 0.25) is 0 Å². The van der Waals surface area contributed by atoms with E-state index < -0.39 is 10.0 Å². The normalized spacial score (nSPS) is 35.2. The summed E-state index contributed by atoms with van der Waals surface area (Å²) in [6.07, 6.45) is 7.57. The van der Waals surface area contributed by atoms with E-state index >= 15 is 0 Å². The summed E-state index contributed by atoms with van der Waals surface area (Å²) in [7, 11) is -1.69. The number of sulfonamides is 1. The summed E-state index contributed by atoms with van der Waals surface area (Å²) in [5, 5.41) is 3.13. The Morgan fingerprint density at radius 3 is 2.32 bits per heavy atom. The van der Waals surface area contributed by atoms with Crippen LogP contribution in [0.1, 0.15) is 44.9 Å². The summed E-state index contributed by atoms with van der Waals surface area (Å²) in [4.78, 5) is 13.3. The van der Waals surface area contributed by atoms with Gasteiger partial charge in [-0.25, -0.2) is 8.42 Å².